The van der Waals surface area contributed by atoms with Gasteiger partial charge in [0.15, 0.2) is 0 Å². The first-order valence-electron chi connectivity index (χ1n) is 7.85. The van der Waals surface area contributed by atoms with Crippen molar-refractivity contribution >= 4 is 11.6 Å². The molecule has 1 aliphatic rings. The van der Waals surface area contributed by atoms with Crippen LogP contribution in [0.4, 0.5) is 0 Å². The standard InChI is InChI=1S/C19H20N2O2/c1-13(2)23-16-10-7-15(8-11-16)19(22)21-20-18-12-9-14-5-3-4-6-17(14)18/h3-8,10-11,13H,9,12H2,1-2H3,(H,21,22)/b20-18-. The van der Waals surface area contributed by atoms with Crippen molar-refractivity contribution in [2.45, 2.75) is 32.8 Å². The molecule has 1 aliphatic carbocycles. The van der Waals surface area contributed by atoms with Crippen molar-refractivity contribution in [1.82, 2.24) is 5.43 Å². The number of hydrogen-bond acceptors (Lipinski definition) is 3. The first-order valence-corrected chi connectivity index (χ1v) is 7.85. The van der Waals surface area contributed by atoms with Crippen molar-refractivity contribution in [2.24, 2.45) is 5.10 Å². The number of nitrogens with one attached hydrogen (secondary N) is 1. The van der Waals surface area contributed by atoms with Gasteiger partial charge in [0.1, 0.15) is 5.75 Å². The third kappa shape index (κ3) is 3.59. The van der Waals surface area contributed by atoms with E-state index in [4.69, 9.17) is 4.74 Å². The molecule has 0 saturated carbocycles. The Hall–Kier alpha value is -2.62. The quantitative estimate of drug-likeness (QED) is 0.878. The third-order valence-corrected chi connectivity index (χ3v) is 3.74. The molecule has 0 aliphatic heterocycles. The van der Waals surface area contributed by atoms with Crippen molar-refractivity contribution in [3.05, 3.63) is 65.2 Å². The van der Waals surface area contributed by atoms with Crippen LogP contribution in [0.2, 0.25) is 0 Å². The molecule has 3 rings (SSSR count). The summed E-state index contributed by atoms with van der Waals surface area (Å²) in [5.41, 5.74) is 6.58. The Morgan fingerprint density at radius 2 is 1.83 bits per heavy atom. The zero-order valence-electron chi connectivity index (χ0n) is 13.4. The number of hydrogen-bond donors (Lipinski definition) is 1. The van der Waals surface area contributed by atoms with Crippen LogP contribution >= 0.6 is 0 Å². The number of carbonyl (C=O) groups excluding carboxylic acids is 1. The van der Waals surface area contributed by atoms with Gasteiger partial charge in [0.2, 0.25) is 0 Å². The van der Waals surface area contributed by atoms with E-state index in [1.54, 1.807) is 24.3 Å². The van der Waals surface area contributed by atoms with E-state index in [0.717, 1.165) is 29.9 Å². The Bertz CT molecular complexity index is 733. The Morgan fingerprint density at radius 3 is 2.57 bits per heavy atom. The van der Waals surface area contributed by atoms with Crippen LogP contribution in [0.15, 0.2) is 53.6 Å². The van der Waals surface area contributed by atoms with E-state index < -0.39 is 0 Å². The molecule has 4 heteroatoms. The van der Waals surface area contributed by atoms with Crippen molar-refractivity contribution in [1.29, 1.82) is 0 Å². The molecule has 0 saturated heterocycles. The number of fused-ring (bicyclic) bond motifs is 1. The van der Waals surface area contributed by atoms with E-state index in [0.29, 0.717) is 5.56 Å². The minimum absolute atomic E-state index is 0.114. The van der Waals surface area contributed by atoms with Crippen molar-refractivity contribution in [2.75, 3.05) is 0 Å². The van der Waals surface area contributed by atoms with Gasteiger partial charge in [-0.2, -0.15) is 5.10 Å². The number of rotatable bonds is 4. The Kier molecular flexibility index (Phi) is 4.42. The summed E-state index contributed by atoms with van der Waals surface area (Å²) >= 11 is 0. The number of carbonyl (C=O) groups is 1. The van der Waals surface area contributed by atoms with Crippen molar-refractivity contribution in [3.8, 4) is 5.75 Å². The van der Waals surface area contributed by atoms with Gasteiger partial charge in [0.05, 0.1) is 11.8 Å². The van der Waals surface area contributed by atoms with Crippen LogP contribution in [0, 0.1) is 0 Å². The topological polar surface area (TPSA) is 50.7 Å². The highest BCUT2D eigenvalue weighted by Gasteiger charge is 2.17. The van der Waals surface area contributed by atoms with Gasteiger partial charge in [0.25, 0.3) is 5.91 Å². The van der Waals surface area contributed by atoms with Crippen LogP contribution in [0.3, 0.4) is 0 Å². The number of nitrogens with zero attached hydrogens (tertiary/aromatic N) is 1. The predicted molar refractivity (Wildman–Crippen MR) is 91.0 cm³/mol. The molecule has 0 radical (unpaired) electrons. The monoisotopic (exact) mass is 308 g/mol. The molecule has 0 atom stereocenters. The second kappa shape index (κ2) is 6.65. The maximum atomic E-state index is 12.2. The zero-order valence-corrected chi connectivity index (χ0v) is 13.4. The van der Waals surface area contributed by atoms with Gasteiger partial charge in [0, 0.05) is 11.1 Å². The van der Waals surface area contributed by atoms with Crippen molar-refractivity contribution in [3.63, 3.8) is 0 Å². The molecule has 0 unspecified atom stereocenters. The number of ether oxygens (including phenoxy) is 1. The van der Waals surface area contributed by atoms with E-state index in [2.05, 4.69) is 16.6 Å². The lowest BCUT2D eigenvalue weighted by molar-refractivity contribution is 0.0955. The fourth-order valence-corrected chi connectivity index (χ4v) is 2.66. The molecule has 0 bridgehead atoms. The fourth-order valence-electron chi connectivity index (χ4n) is 2.66. The summed E-state index contributed by atoms with van der Waals surface area (Å²) in [5.74, 6) is 0.547. The molecule has 118 valence electrons. The Balaban J connectivity index is 1.67. The minimum atomic E-state index is -0.210. The van der Waals surface area contributed by atoms with E-state index in [1.807, 2.05) is 32.0 Å². The molecule has 2 aromatic carbocycles. The summed E-state index contributed by atoms with van der Waals surface area (Å²) in [6.07, 6.45) is 1.95. The molecule has 1 N–H and O–H groups in total. The Labute approximate surface area is 136 Å². The molecule has 0 heterocycles. The first kappa shape index (κ1) is 15.3. The minimum Gasteiger partial charge on any atom is -0.491 e. The van der Waals surface area contributed by atoms with Gasteiger partial charge in [-0.25, -0.2) is 5.43 Å². The summed E-state index contributed by atoms with van der Waals surface area (Å²) in [7, 11) is 0. The number of amides is 1. The lowest BCUT2D eigenvalue weighted by atomic mass is 10.1. The summed E-state index contributed by atoms with van der Waals surface area (Å²) in [4.78, 5) is 12.2. The highest BCUT2D eigenvalue weighted by molar-refractivity contribution is 6.05. The highest BCUT2D eigenvalue weighted by Crippen LogP contribution is 2.21. The van der Waals surface area contributed by atoms with Gasteiger partial charge in [-0.3, -0.25) is 4.79 Å². The highest BCUT2D eigenvalue weighted by atomic mass is 16.5. The molecule has 0 spiro atoms. The maximum absolute atomic E-state index is 12.2. The lowest BCUT2D eigenvalue weighted by Crippen LogP contribution is -2.19. The summed E-state index contributed by atoms with van der Waals surface area (Å²) in [5, 5.41) is 4.30. The van der Waals surface area contributed by atoms with Crippen LogP contribution in [0.1, 0.15) is 41.8 Å². The van der Waals surface area contributed by atoms with E-state index in [9.17, 15) is 4.79 Å². The van der Waals surface area contributed by atoms with Crippen LogP contribution in [0.5, 0.6) is 5.75 Å². The average Bonchev–Trinajstić information content (AvgIpc) is 2.96. The second-order valence-electron chi connectivity index (χ2n) is 5.85. The van der Waals surface area contributed by atoms with Gasteiger partial charge >= 0.3 is 0 Å². The van der Waals surface area contributed by atoms with Gasteiger partial charge in [-0.15, -0.1) is 0 Å². The summed E-state index contributed by atoms with van der Waals surface area (Å²) in [6, 6.07) is 15.3. The van der Waals surface area contributed by atoms with E-state index >= 15 is 0 Å². The Morgan fingerprint density at radius 1 is 1.09 bits per heavy atom. The maximum Gasteiger partial charge on any atom is 0.271 e. The molecule has 23 heavy (non-hydrogen) atoms. The van der Waals surface area contributed by atoms with Crippen LogP contribution in [0.25, 0.3) is 0 Å². The molecular weight excluding hydrogens is 288 g/mol. The molecule has 4 nitrogen and oxygen atoms in total. The summed E-state index contributed by atoms with van der Waals surface area (Å²) in [6.45, 7) is 3.94. The van der Waals surface area contributed by atoms with Crippen LogP contribution in [-0.4, -0.2) is 17.7 Å². The number of aryl methyl sites for hydroxylation is 1. The van der Waals surface area contributed by atoms with Crippen molar-refractivity contribution < 1.29 is 9.53 Å². The van der Waals surface area contributed by atoms with E-state index in [1.165, 1.54) is 5.56 Å². The molecule has 1 amide bonds. The average molecular weight is 308 g/mol. The molecule has 2 aromatic rings. The van der Waals surface area contributed by atoms with Gasteiger partial charge < -0.3 is 4.74 Å². The fraction of sp³-hybridized carbons (Fsp3) is 0.263. The largest absolute Gasteiger partial charge is 0.491 e. The van der Waals surface area contributed by atoms with E-state index in [-0.39, 0.29) is 12.0 Å². The smallest absolute Gasteiger partial charge is 0.271 e. The number of benzene rings is 2. The molecular formula is C19H20N2O2. The summed E-state index contributed by atoms with van der Waals surface area (Å²) < 4.78 is 5.57. The first-order chi connectivity index (χ1) is 11.1. The van der Waals surface area contributed by atoms with Crippen LogP contribution in [-0.2, 0) is 6.42 Å². The van der Waals surface area contributed by atoms with Gasteiger partial charge in [-0.05, 0) is 56.5 Å². The van der Waals surface area contributed by atoms with Gasteiger partial charge in [-0.1, -0.05) is 24.3 Å². The van der Waals surface area contributed by atoms with Crippen LogP contribution < -0.4 is 10.2 Å². The normalized spacial score (nSPS) is 14.8. The molecule has 0 aromatic heterocycles. The zero-order chi connectivity index (χ0) is 16.2. The third-order valence-electron chi connectivity index (χ3n) is 3.74. The molecule has 0 fully saturated rings. The SMILES string of the molecule is CC(C)Oc1ccc(C(=O)N/N=C2/CCc3ccccc32)cc1. The second-order valence-corrected chi connectivity index (χ2v) is 5.85. The lowest BCUT2D eigenvalue weighted by Gasteiger charge is -2.09. The predicted octanol–water partition coefficient (Wildman–Crippen LogP) is 3.55. The number of hydrazone groups is 1.